The summed E-state index contributed by atoms with van der Waals surface area (Å²) in [5.74, 6) is -0.648. The zero-order valence-corrected chi connectivity index (χ0v) is 11.7. The molecule has 0 atom stereocenters. The fraction of sp³-hybridized carbons (Fsp3) is 0.250. The van der Waals surface area contributed by atoms with Crippen LogP contribution in [-0.2, 0) is 14.3 Å². The normalized spacial score (nSPS) is 8.65. The first-order valence-corrected chi connectivity index (χ1v) is 6.19. The van der Waals surface area contributed by atoms with E-state index in [1.807, 2.05) is 24.3 Å². The van der Waals surface area contributed by atoms with Gasteiger partial charge in [-0.2, -0.15) is 0 Å². The van der Waals surface area contributed by atoms with Gasteiger partial charge in [-0.15, -0.1) is 6.58 Å². The van der Waals surface area contributed by atoms with Crippen molar-refractivity contribution in [2.24, 2.45) is 0 Å². The summed E-state index contributed by atoms with van der Waals surface area (Å²) in [5, 5.41) is 0. The van der Waals surface area contributed by atoms with Crippen LogP contribution in [0.15, 0.2) is 55.6 Å². The third-order valence-electron chi connectivity index (χ3n) is 2.16. The van der Waals surface area contributed by atoms with Crippen molar-refractivity contribution in [2.75, 3.05) is 13.7 Å². The van der Waals surface area contributed by atoms with Gasteiger partial charge in [0.2, 0.25) is 0 Å². The summed E-state index contributed by atoms with van der Waals surface area (Å²) < 4.78 is 9.19. The van der Waals surface area contributed by atoms with Crippen LogP contribution in [-0.4, -0.2) is 25.7 Å². The lowest BCUT2D eigenvalue weighted by Gasteiger charge is -2.02. The summed E-state index contributed by atoms with van der Waals surface area (Å²) >= 11 is 0. The van der Waals surface area contributed by atoms with E-state index in [1.54, 1.807) is 12.1 Å². The highest BCUT2D eigenvalue weighted by Gasteiger charge is 2.04. The molecule has 0 spiro atoms. The fourth-order valence-corrected chi connectivity index (χ4v) is 1.13. The van der Waals surface area contributed by atoms with Crippen molar-refractivity contribution in [1.29, 1.82) is 0 Å². The molecule has 0 saturated carbocycles. The first kappa shape index (κ1) is 17.6. The van der Waals surface area contributed by atoms with Crippen LogP contribution >= 0.6 is 0 Å². The molecule has 4 nitrogen and oxygen atoms in total. The maximum Gasteiger partial charge on any atom is 0.338 e. The molecule has 0 aliphatic heterocycles. The fourth-order valence-electron chi connectivity index (χ4n) is 1.13. The predicted octanol–water partition coefficient (Wildman–Crippen LogP) is 3.16. The van der Waals surface area contributed by atoms with Crippen LogP contribution in [0, 0.1) is 0 Å². The number of ether oxygens (including phenoxy) is 2. The molecule has 0 radical (unpaired) electrons. The van der Waals surface area contributed by atoms with Gasteiger partial charge in [0.25, 0.3) is 0 Å². The van der Waals surface area contributed by atoms with E-state index in [4.69, 9.17) is 4.74 Å². The van der Waals surface area contributed by atoms with E-state index >= 15 is 0 Å². The van der Waals surface area contributed by atoms with Crippen LogP contribution in [0.4, 0.5) is 0 Å². The molecule has 0 heterocycles. The smallest absolute Gasteiger partial charge is 0.338 e. The van der Waals surface area contributed by atoms with Crippen molar-refractivity contribution in [3.63, 3.8) is 0 Å². The largest absolute Gasteiger partial charge is 0.466 e. The topological polar surface area (TPSA) is 52.6 Å². The second-order valence-electron chi connectivity index (χ2n) is 3.66. The molecule has 0 amide bonds. The highest BCUT2D eigenvalue weighted by atomic mass is 16.5. The first-order valence-electron chi connectivity index (χ1n) is 6.19. The van der Waals surface area contributed by atoms with Gasteiger partial charge in [0.05, 0.1) is 19.3 Å². The molecule has 0 aromatic heterocycles. The van der Waals surface area contributed by atoms with E-state index < -0.39 is 5.97 Å². The SMILES string of the molecule is C=CC(=O)OC.C=CCCCOC(=O)c1ccccc1. The van der Waals surface area contributed by atoms with Gasteiger partial charge in [0, 0.05) is 6.08 Å². The highest BCUT2D eigenvalue weighted by Crippen LogP contribution is 2.01. The Balaban J connectivity index is 0.000000511. The summed E-state index contributed by atoms with van der Waals surface area (Å²) in [5.41, 5.74) is 0.603. The minimum absolute atomic E-state index is 0.255. The van der Waals surface area contributed by atoms with Gasteiger partial charge < -0.3 is 9.47 Å². The van der Waals surface area contributed by atoms with Crippen LogP contribution in [0.1, 0.15) is 23.2 Å². The third-order valence-corrected chi connectivity index (χ3v) is 2.16. The number of unbranched alkanes of at least 4 members (excludes halogenated alkanes) is 1. The number of methoxy groups -OCH3 is 1. The molecule has 0 aliphatic carbocycles. The van der Waals surface area contributed by atoms with E-state index in [9.17, 15) is 9.59 Å². The average molecular weight is 276 g/mol. The number of hydrogen-bond donors (Lipinski definition) is 0. The predicted molar refractivity (Wildman–Crippen MR) is 78.4 cm³/mol. The Morgan fingerprint density at radius 1 is 1.20 bits per heavy atom. The molecule has 0 unspecified atom stereocenters. The monoisotopic (exact) mass is 276 g/mol. The first-order chi connectivity index (χ1) is 9.65. The number of carbonyl (C=O) groups excluding carboxylic acids is 2. The lowest BCUT2D eigenvalue weighted by molar-refractivity contribution is -0.134. The molecule has 108 valence electrons. The Hall–Kier alpha value is -2.36. The Labute approximate surface area is 119 Å². The van der Waals surface area contributed by atoms with Crippen LogP contribution in [0.25, 0.3) is 0 Å². The zero-order valence-electron chi connectivity index (χ0n) is 11.7. The Morgan fingerprint density at radius 3 is 2.30 bits per heavy atom. The number of rotatable bonds is 6. The van der Waals surface area contributed by atoms with Crippen LogP contribution < -0.4 is 0 Å². The summed E-state index contributed by atoms with van der Waals surface area (Å²) in [6.45, 7) is 7.21. The average Bonchev–Trinajstić information content (AvgIpc) is 2.52. The molecule has 0 aliphatic rings. The van der Waals surface area contributed by atoms with Crippen molar-refractivity contribution in [2.45, 2.75) is 12.8 Å². The van der Waals surface area contributed by atoms with E-state index in [2.05, 4.69) is 17.9 Å². The van der Waals surface area contributed by atoms with Gasteiger partial charge in [-0.05, 0) is 25.0 Å². The standard InChI is InChI=1S/C12H14O2.C4H6O2/c1-2-3-7-10-14-12(13)11-8-5-4-6-9-11;1-3-4(5)6-2/h2,4-6,8-9H,1,3,7,10H2;3H,1H2,2H3. The molecule has 1 rings (SSSR count). The molecule has 1 aromatic carbocycles. The van der Waals surface area contributed by atoms with Crippen molar-refractivity contribution in [3.05, 3.63) is 61.2 Å². The van der Waals surface area contributed by atoms with Gasteiger partial charge in [0.1, 0.15) is 0 Å². The van der Waals surface area contributed by atoms with Crippen molar-refractivity contribution in [3.8, 4) is 0 Å². The molecule has 0 fully saturated rings. The quantitative estimate of drug-likeness (QED) is 0.346. The molecule has 4 heteroatoms. The van der Waals surface area contributed by atoms with Crippen molar-refractivity contribution >= 4 is 11.9 Å². The van der Waals surface area contributed by atoms with Crippen molar-refractivity contribution < 1.29 is 19.1 Å². The van der Waals surface area contributed by atoms with Gasteiger partial charge >= 0.3 is 11.9 Å². The Kier molecular flexibility index (Phi) is 10.3. The number of benzene rings is 1. The summed E-state index contributed by atoms with van der Waals surface area (Å²) in [7, 11) is 1.31. The molecule has 0 bridgehead atoms. The lowest BCUT2D eigenvalue weighted by atomic mass is 10.2. The lowest BCUT2D eigenvalue weighted by Crippen LogP contribution is -2.05. The minimum atomic E-state index is -0.394. The maximum absolute atomic E-state index is 11.4. The van der Waals surface area contributed by atoms with Crippen LogP contribution in [0.5, 0.6) is 0 Å². The van der Waals surface area contributed by atoms with E-state index in [-0.39, 0.29) is 5.97 Å². The molecule has 0 N–H and O–H groups in total. The van der Waals surface area contributed by atoms with Crippen LogP contribution in [0.3, 0.4) is 0 Å². The number of hydrogen-bond acceptors (Lipinski definition) is 4. The highest BCUT2D eigenvalue weighted by molar-refractivity contribution is 5.89. The number of carbonyl (C=O) groups is 2. The second-order valence-corrected chi connectivity index (χ2v) is 3.66. The van der Waals surface area contributed by atoms with Gasteiger partial charge in [-0.3, -0.25) is 0 Å². The van der Waals surface area contributed by atoms with E-state index in [0.717, 1.165) is 18.9 Å². The summed E-state index contributed by atoms with van der Waals surface area (Å²) in [6.07, 6.45) is 4.64. The van der Waals surface area contributed by atoms with E-state index in [0.29, 0.717) is 12.2 Å². The third kappa shape index (κ3) is 8.69. The van der Waals surface area contributed by atoms with Gasteiger partial charge in [0.15, 0.2) is 0 Å². The molecule has 1 aromatic rings. The molecular weight excluding hydrogens is 256 g/mol. The maximum atomic E-state index is 11.4. The Bertz CT molecular complexity index is 423. The summed E-state index contributed by atoms with van der Waals surface area (Å²) in [6, 6.07) is 9.00. The second kappa shape index (κ2) is 11.7. The Morgan fingerprint density at radius 2 is 1.85 bits per heavy atom. The minimum Gasteiger partial charge on any atom is -0.466 e. The van der Waals surface area contributed by atoms with Gasteiger partial charge in [-0.25, -0.2) is 9.59 Å². The number of allylic oxidation sites excluding steroid dienone is 1. The van der Waals surface area contributed by atoms with E-state index in [1.165, 1.54) is 7.11 Å². The molecule has 0 saturated heterocycles. The summed E-state index contributed by atoms with van der Waals surface area (Å²) in [4.78, 5) is 21.2. The van der Waals surface area contributed by atoms with Gasteiger partial charge in [-0.1, -0.05) is 30.9 Å². The van der Waals surface area contributed by atoms with Crippen molar-refractivity contribution in [1.82, 2.24) is 0 Å². The number of esters is 2. The van der Waals surface area contributed by atoms with Crippen LogP contribution in [0.2, 0.25) is 0 Å². The molecule has 20 heavy (non-hydrogen) atoms. The molecular formula is C16H20O4. The zero-order chi connectivity index (χ0) is 15.2.